The van der Waals surface area contributed by atoms with Crippen LogP contribution in [0.4, 0.5) is 0 Å². The molecule has 1 unspecified atom stereocenters. The van der Waals surface area contributed by atoms with Crippen molar-refractivity contribution >= 4 is 50.7 Å². The lowest BCUT2D eigenvalue weighted by Gasteiger charge is -2.12. The van der Waals surface area contributed by atoms with E-state index in [2.05, 4.69) is 10.3 Å². The Morgan fingerprint density at radius 1 is 1.29 bits per heavy atom. The highest BCUT2D eigenvalue weighted by molar-refractivity contribution is 7.91. The molecule has 1 aliphatic rings. The van der Waals surface area contributed by atoms with Gasteiger partial charge in [0.05, 0.1) is 16.5 Å². The van der Waals surface area contributed by atoms with Gasteiger partial charge in [-0.05, 0) is 42.8 Å². The summed E-state index contributed by atoms with van der Waals surface area (Å²) in [5.74, 6) is -1.07. The monoisotopic (exact) mass is 518 g/mol. The number of aromatic nitrogens is 2. The van der Waals surface area contributed by atoms with Gasteiger partial charge in [-0.15, -0.1) is 0 Å². The zero-order valence-corrected chi connectivity index (χ0v) is 19.7. The fraction of sp³-hybridized carbons (Fsp3) is 0.182. The minimum Gasteiger partial charge on any atom is -0.437 e. The van der Waals surface area contributed by atoms with Crippen LogP contribution in [0.15, 0.2) is 53.0 Å². The van der Waals surface area contributed by atoms with E-state index in [1.807, 2.05) is 0 Å². The molecule has 4 rings (SSSR count). The van der Waals surface area contributed by atoms with Gasteiger partial charge in [-0.1, -0.05) is 29.3 Å². The zero-order valence-electron chi connectivity index (χ0n) is 17.4. The van der Waals surface area contributed by atoms with E-state index in [-0.39, 0.29) is 45.8 Å². The van der Waals surface area contributed by atoms with Crippen LogP contribution in [0.1, 0.15) is 12.0 Å². The van der Waals surface area contributed by atoms with E-state index in [1.165, 1.54) is 28.8 Å². The van der Waals surface area contributed by atoms with Crippen molar-refractivity contribution in [1.82, 2.24) is 14.7 Å². The first-order valence-electron chi connectivity index (χ1n) is 9.94. The van der Waals surface area contributed by atoms with Crippen LogP contribution in [0, 0.1) is 11.3 Å². The molecule has 174 valence electrons. The Morgan fingerprint density at radius 3 is 2.76 bits per heavy atom. The summed E-state index contributed by atoms with van der Waals surface area (Å²) in [5, 5.41) is 12.7. The van der Waals surface area contributed by atoms with Crippen LogP contribution in [-0.4, -0.2) is 41.3 Å². The number of nitriles is 1. The normalized spacial score (nSPS) is 17.3. The summed E-state index contributed by atoms with van der Waals surface area (Å²) in [6, 6.07) is 10.5. The number of rotatable bonds is 5. The topological polar surface area (TPSA) is 131 Å². The Morgan fingerprint density at radius 2 is 2.09 bits per heavy atom. The lowest BCUT2D eigenvalue weighted by Crippen LogP contribution is -2.36. The standard InChI is InChI=1S/C22H16Cl2N4O5S/c23-14-4-5-18(17(24)10-14)33-21-16(22(30)28-7-2-1-3-19(28)27-21)9-13(11-25)20(29)26-15-6-8-34(31,32)12-15/h1-5,7,9-10,15H,6,8,12H2,(H,26,29)/b13-9+. The predicted molar refractivity (Wildman–Crippen MR) is 127 cm³/mol. The Kier molecular flexibility index (Phi) is 6.61. The molecule has 1 atom stereocenters. The van der Waals surface area contributed by atoms with E-state index in [4.69, 9.17) is 27.9 Å². The summed E-state index contributed by atoms with van der Waals surface area (Å²) in [5.41, 5.74) is -0.898. The molecule has 1 saturated heterocycles. The number of hydrogen-bond donors (Lipinski definition) is 1. The molecule has 0 radical (unpaired) electrons. The summed E-state index contributed by atoms with van der Waals surface area (Å²) < 4.78 is 30.4. The SMILES string of the molecule is N#C/C(=C\c1c(Oc2ccc(Cl)cc2Cl)nc2ccccn2c1=O)C(=O)NC1CCS(=O)(=O)C1. The Hall–Kier alpha value is -3.39. The van der Waals surface area contributed by atoms with Gasteiger partial charge in [-0.2, -0.15) is 10.2 Å². The molecular formula is C22H16Cl2N4O5S. The van der Waals surface area contributed by atoms with Gasteiger partial charge < -0.3 is 10.1 Å². The van der Waals surface area contributed by atoms with Gasteiger partial charge in [0.2, 0.25) is 5.88 Å². The number of fused-ring (bicyclic) bond motifs is 1. The fourth-order valence-electron chi connectivity index (χ4n) is 3.41. The van der Waals surface area contributed by atoms with Crippen molar-refractivity contribution in [3.63, 3.8) is 0 Å². The van der Waals surface area contributed by atoms with Crippen LogP contribution in [0.5, 0.6) is 11.6 Å². The minimum absolute atomic E-state index is 0.0423. The van der Waals surface area contributed by atoms with Crippen LogP contribution in [0.3, 0.4) is 0 Å². The van der Waals surface area contributed by atoms with E-state index in [1.54, 1.807) is 24.3 Å². The molecule has 1 N–H and O–H groups in total. The number of carbonyl (C=O) groups excluding carboxylic acids is 1. The molecule has 1 aromatic carbocycles. The number of nitrogens with zero attached hydrogens (tertiary/aromatic N) is 3. The van der Waals surface area contributed by atoms with E-state index in [0.717, 1.165) is 6.08 Å². The van der Waals surface area contributed by atoms with Crippen molar-refractivity contribution in [2.45, 2.75) is 12.5 Å². The molecule has 3 aromatic rings. The van der Waals surface area contributed by atoms with Gasteiger partial charge >= 0.3 is 0 Å². The second kappa shape index (κ2) is 9.46. The van der Waals surface area contributed by atoms with Crippen LogP contribution < -0.4 is 15.6 Å². The molecule has 1 aliphatic heterocycles. The van der Waals surface area contributed by atoms with Crippen LogP contribution in [-0.2, 0) is 14.6 Å². The number of ether oxygens (including phenoxy) is 1. The molecule has 3 heterocycles. The van der Waals surface area contributed by atoms with Crippen molar-refractivity contribution in [3.8, 4) is 17.7 Å². The van der Waals surface area contributed by atoms with E-state index < -0.39 is 32.9 Å². The number of carbonyl (C=O) groups is 1. The highest BCUT2D eigenvalue weighted by Gasteiger charge is 2.30. The van der Waals surface area contributed by atoms with Crippen molar-refractivity contribution in [1.29, 1.82) is 5.26 Å². The van der Waals surface area contributed by atoms with Gasteiger partial charge in [0.15, 0.2) is 9.84 Å². The highest BCUT2D eigenvalue weighted by Crippen LogP contribution is 2.32. The Bertz CT molecular complexity index is 1540. The summed E-state index contributed by atoms with van der Waals surface area (Å²) >= 11 is 12.1. The second-order valence-electron chi connectivity index (χ2n) is 7.48. The molecule has 34 heavy (non-hydrogen) atoms. The zero-order chi connectivity index (χ0) is 24.5. The first kappa shape index (κ1) is 23.8. The van der Waals surface area contributed by atoms with Crippen LogP contribution >= 0.6 is 23.2 Å². The molecular weight excluding hydrogens is 503 g/mol. The maximum absolute atomic E-state index is 13.2. The van der Waals surface area contributed by atoms with Gasteiger partial charge in [0, 0.05) is 17.3 Å². The number of benzene rings is 1. The largest absolute Gasteiger partial charge is 0.437 e. The summed E-state index contributed by atoms with van der Waals surface area (Å²) in [6.45, 7) is 0. The third-order valence-corrected chi connectivity index (χ3v) is 7.35. The molecule has 1 amide bonds. The molecule has 0 bridgehead atoms. The summed E-state index contributed by atoms with van der Waals surface area (Å²) in [6.07, 6.45) is 2.79. The number of pyridine rings is 1. The predicted octanol–water partition coefficient (Wildman–Crippen LogP) is 3.00. The molecule has 1 fully saturated rings. The molecule has 12 heteroatoms. The van der Waals surface area contributed by atoms with Crippen molar-refractivity contribution < 1.29 is 17.9 Å². The average molecular weight is 519 g/mol. The average Bonchev–Trinajstić information content (AvgIpc) is 3.13. The molecule has 2 aromatic heterocycles. The lowest BCUT2D eigenvalue weighted by molar-refractivity contribution is -0.117. The van der Waals surface area contributed by atoms with Crippen molar-refractivity contribution in [2.75, 3.05) is 11.5 Å². The third-order valence-electron chi connectivity index (χ3n) is 5.06. The molecule has 0 saturated carbocycles. The van der Waals surface area contributed by atoms with Gasteiger partial charge in [0.1, 0.15) is 28.6 Å². The Labute approximate surface area is 204 Å². The molecule has 0 aliphatic carbocycles. The summed E-state index contributed by atoms with van der Waals surface area (Å²) in [4.78, 5) is 30.2. The lowest BCUT2D eigenvalue weighted by atomic mass is 10.1. The first-order valence-corrected chi connectivity index (χ1v) is 12.5. The van der Waals surface area contributed by atoms with E-state index in [0.29, 0.717) is 5.02 Å². The quantitative estimate of drug-likeness (QED) is 0.405. The second-order valence-corrected chi connectivity index (χ2v) is 10.6. The van der Waals surface area contributed by atoms with Gasteiger partial charge in [0.25, 0.3) is 11.5 Å². The van der Waals surface area contributed by atoms with Crippen LogP contribution in [0.25, 0.3) is 11.7 Å². The number of sulfone groups is 1. The fourth-order valence-corrected chi connectivity index (χ4v) is 5.53. The Balaban J connectivity index is 1.77. The van der Waals surface area contributed by atoms with Crippen molar-refractivity contribution in [3.05, 3.63) is 74.1 Å². The maximum Gasteiger partial charge on any atom is 0.269 e. The number of nitrogens with one attached hydrogen (secondary N) is 1. The summed E-state index contributed by atoms with van der Waals surface area (Å²) in [7, 11) is -3.23. The first-order chi connectivity index (χ1) is 16.2. The van der Waals surface area contributed by atoms with Gasteiger partial charge in [-0.25, -0.2) is 8.42 Å². The van der Waals surface area contributed by atoms with Gasteiger partial charge in [-0.3, -0.25) is 14.0 Å². The highest BCUT2D eigenvalue weighted by atomic mass is 35.5. The minimum atomic E-state index is -3.23. The van der Waals surface area contributed by atoms with E-state index in [9.17, 15) is 23.3 Å². The van der Waals surface area contributed by atoms with E-state index >= 15 is 0 Å². The third kappa shape index (κ3) is 5.07. The number of hydrogen-bond acceptors (Lipinski definition) is 7. The molecule has 0 spiro atoms. The number of halogens is 2. The van der Waals surface area contributed by atoms with Crippen molar-refractivity contribution in [2.24, 2.45) is 0 Å². The molecule has 9 nitrogen and oxygen atoms in total. The van der Waals surface area contributed by atoms with Crippen LogP contribution in [0.2, 0.25) is 10.0 Å². The maximum atomic E-state index is 13.2. The smallest absolute Gasteiger partial charge is 0.269 e. The number of amides is 1.